The molecule has 0 aromatic heterocycles. The van der Waals surface area contributed by atoms with Crippen molar-refractivity contribution in [3.63, 3.8) is 0 Å². The van der Waals surface area contributed by atoms with Gasteiger partial charge < -0.3 is 14.8 Å². The summed E-state index contributed by atoms with van der Waals surface area (Å²) in [6, 6.07) is 3.69. The summed E-state index contributed by atoms with van der Waals surface area (Å²) in [4.78, 5) is 0. The molecule has 2 rings (SSSR count). The zero-order valence-corrected chi connectivity index (χ0v) is 12.4. The Balaban J connectivity index is 1.99. The number of hydrogen-bond donors (Lipinski definition) is 2. The van der Waals surface area contributed by atoms with Gasteiger partial charge in [0.2, 0.25) is 6.79 Å². The Labute approximate surface area is 124 Å². The zero-order valence-electron chi connectivity index (χ0n) is 9.98. The highest BCUT2D eigenvalue weighted by atomic mass is 79.9. The molecular weight excluding hydrogens is 330 g/mol. The van der Waals surface area contributed by atoms with E-state index in [0.29, 0.717) is 17.4 Å². The van der Waals surface area contributed by atoms with Crippen molar-refractivity contribution in [1.29, 1.82) is 0 Å². The third kappa shape index (κ3) is 3.68. The van der Waals surface area contributed by atoms with Gasteiger partial charge in [-0.1, -0.05) is 6.08 Å². The molecule has 0 atom stereocenters. The van der Waals surface area contributed by atoms with Crippen molar-refractivity contribution < 1.29 is 9.47 Å². The summed E-state index contributed by atoms with van der Waals surface area (Å²) in [5, 5.41) is 7.39. The summed E-state index contributed by atoms with van der Waals surface area (Å²) in [5.74, 6) is 1.43. The van der Waals surface area contributed by atoms with Crippen molar-refractivity contribution in [3.05, 3.63) is 34.8 Å². The molecule has 1 aromatic carbocycles. The minimum absolute atomic E-state index is 0.246. The smallest absolute Gasteiger partial charge is 0.231 e. The first-order valence-corrected chi connectivity index (χ1v) is 6.68. The fourth-order valence-corrected chi connectivity index (χ4v) is 1.96. The second-order valence-electron chi connectivity index (χ2n) is 3.60. The summed E-state index contributed by atoms with van der Waals surface area (Å²) in [6.45, 7) is 4.42. The van der Waals surface area contributed by atoms with E-state index in [2.05, 4.69) is 38.4 Å². The summed E-state index contributed by atoms with van der Waals surface area (Å²) < 4.78 is 11.4. The third-order valence-electron chi connectivity index (χ3n) is 2.27. The molecule has 1 aromatic rings. The topological polar surface area (TPSA) is 54.9 Å². The van der Waals surface area contributed by atoms with Gasteiger partial charge in [-0.05, 0) is 40.3 Å². The SMILES string of the molecule is C=CCNC(=S)N/N=C\c1cc2c(cc1Br)OCO2. The molecule has 1 aliphatic rings. The number of fused-ring (bicyclic) bond motifs is 1. The number of hydrazone groups is 1. The predicted octanol–water partition coefficient (Wildman–Crippen LogP) is 2.16. The predicted molar refractivity (Wildman–Crippen MR) is 81.8 cm³/mol. The lowest BCUT2D eigenvalue weighted by atomic mass is 10.2. The molecule has 7 heteroatoms. The van der Waals surface area contributed by atoms with Gasteiger partial charge in [-0.2, -0.15) is 5.10 Å². The minimum Gasteiger partial charge on any atom is -0.454 e. The average Bonchev–Trinajstić information content (AvgIpc) is 2.83. The number of ether oxygens (including phenoxy) is 2. The van der Waals surface area contributed by atoms with Crippen LogP contribution in [0, 0.1) is 0 Å². The molecule has 0 bridgehead atoms. The third-order valence-corrected chi connectivity index (χ3v) is 3.19. The Bertz CT molecular complexity index is 534. The Kier molecular flexibility index (Phi) is 4.75. The first-order chi connectivity index (χ1) is 9.20. The number of benzene rings is 1. The van der Waals surface area contributed by atoms with E-state index >= 15 is 0 Å². The van der Waals surface area contributed by atoms with Crippen LogP contribution in [0.15, 0.2) is 34.4 Å². The van der Waals surface area contributed by atoms with Crippen LogP contribution in [0.25, 0.3) is 0 Å². The molecule has 2 N–H and O–H groups in total. The zero-order chi connectivity index (χ0) is 13.7. The van der Waals surface area contributed by atoms with Crippen LogP contribution >= 0.6 is 28.1 Å². The van der Waals surface area contributed by atoms with Crippen LogP contribution in [0.2, 0.25) is 0 Å². The molecule has 5 nitrogen and oxygen atoms in total. The molecule has 0 fully saturated rings. The first-order valence-electron chi connectivity index (χ1n) is 5.47. The van der Waals surface area contributed by atoms with E-state index in [9.17, 15) is 0 Å². The molecule has 1 aliphatic heterocycles. The largest absolute Gasteiger partial charge is 0.454 e. The maximum atomic E-state index is 5.30. The van der Waals surface area contributed by atoms with Crippen LogP contribution in [0.5, 0.6) is 11.5 Å². The van der Waals surface area contributed by atoms with Crippen molar-refractivity contribution in [1.82, 2.24) is 10.7 Å². The van der Waals surface area contributed by atoms with E-state index in [0.717, 1.165) is 15.8 Å². The second kappa shape index (κ2) is 6.53. The fourth-order valence-electron chi connectivity index (χ4n) is 1.40. The van der Waals surface area contributed by atoms with Gasteiger partial charge in [0.05, 0.1) is 6.21 Å². The first kappa shape index (κ1) is 13.8. The normalized spacial score (nSPS) is 12.5. The van der Waals surface area contributed by atoms with Gasteiger partial charge in [0, 0.05) is 16.6 Å². The number of nitrogens with zero attached hydrogens (tertiary/aromatic N) is 1. The lowest BCUT2D eigenvalue weighted by Gasteiger charge is -2.04. The average molecular weight is 342 g/mol. The number of halogens is 1. The van der Waals surface area contributed by atoms with E-state index in [1.165, 1.54) is 0 Å². The van der Waals surface area contributed by atoms with Crippen molar-refractivity contribution in [2.45, 2.75) is 0 Å². The highest BCUT2D eigenvalue weighted by Gasteiger charge is 2.15. The van der Waals surface area contributed by atoms with Crippen LogP contribution in [-0.4, -0.2) is 24.7 Å². The molecule has 1 heterocycles. The second-order valence-corrected chi connectivity index (χ2v) is 4.86. The number of hydrogen-bond acceptors (Lipinski definition) is 4. The number of thiocarbonyl (C=S) groups is 1. The summed E-state index contributed by atoms with van der Waals surface area (Å²) >= 11 is 8.45. The van der Waals surface area contributed by atoms with Gasteiger partial charge in [-0.25, -0.2) is 0 Å². The molecule has 0 saturated carbocycles. The molecule has 0 amide bonds. The summed E-state index contributed by atoms with van der Waals surface area (Å²) in [7, 11) is 0. The van der Waals surface area contributed by atoms with Crippen molar-refractivity contribution in [2.24, 2.45) is 5.10 Å². The number of rotatable bonds is 4. The van der Waals surface area contributed by atoms with Gasteiger partial charge in [0.25, 0.3) is 0 Å². The lowest BCUT2D eigenvalue weighted by molar-refractivity contribution is 0.174. The monoisotopic (exact) mass is 341 g/mol. The molecule has 0 unspecified atom stereocenters. The summed E-state index contributed by atoms with van der Waals surface area (Å²) in [5.41, 5.74) is 3.57. The maximum Gasteiger partial charge on any atom is 0.231 e. The molecule has 0 radical (unpaired) electrons. The van der Waals surface area contributed by atoms with Crippen LogP contribution in [0.3, 0.4) is 0 Å². The van der Waals surface area contributed by atoms with E-state index in [-0.39, 0.29) is 6.79 Å². The molecular formula is C12H12BrN3O2S. The van der Waals surface area contributed by atoms with Gasteiger partial charge in [-0.3, -0.25) is 5.43 Å². The van der Waals surface area contributed by atoms with Crippen LogP contribution in [0.1, 0.15) is 5.56 Å². The molecule has 100 valence electrons. The molecule has 0 spiro atoms. The molecule has 0 saturated heterocycles. The quantitative estimate of drug-likeness (QED) is 0.380. The lowest BCUT2D eigenvalue weighted by Crippen LogP contribution is -2.31. The highest BCUT2D eigenvalue weighted by molar-refractivity contribution is 9.10. The highest BCUT2D eigenvalue weighted by Crippen LogP contribution is 2.36. The fraction of sp³-hybridized carbons (Fsp3) is 0.167. The van der Waals surface area contributed by atoms with Gasteiger partial charge >= 0.3 is 0 Å². The van der Waals surface area contributed by atoms with Crippen molar-refractivity contribution >= 4 is 39.5 Å². The van der Waals surface area contributed by atoms with Gasteiger partial charge in [0.15, 0.2) is 16.6 Å². The van der Waals surface area contributed by atoms with Crippen LogP contribution in [-0.2, 0) is 0 Å². The van der Waals surface area contributed by atoms with Crippen molar-refractivity contribution in [3.8, 4) is 11.5 Å². The van der Waals surface area contributed by atoms with E-state index < -0.39 is 0 Å². The van der Waals surface area contributed by atoms with Gasteiger partial charge in [0.1, 0.15) is 0 Å². The Hall–Kier alpha value is -1.60. The van der Waals surface area contributed by atoms with Crippen LogP contribution < -0.4 is 20.2 Å². The number of nitrogens with one attached hydrogen (secondary N) is 2. The maximum absolute atomic E-state index is 5.30. The van der Waals surface area contributed by atoms with Crippen molar-refractivity contribution in [2.75, 3.05) is 13.3 Å². The van der Waals surface area contributed by atoms with E-state index in [1.807, 2.05) is 12.1 Å². The molecule has 0 aliphatic carbocycles. The summed E-state index contributed by atoms with van der Waals surface area (Å²) in [6.07, 6.45) is 3.36. The Morgan fingerprint density at radius 3 is 2.95 bits per heavy atom. The van der Waals surface area contributed by atoms with Crippen LogP contribution in [0.4, 0.5) is 0 Å². The Morgan fingerprint density at radius 2 is 2.21 bits per heavy atom. The van der Waals surface area contributed by atoms with E-state index in [4.69, 9.17) is 21.7 Å². The standard InChI is InChI=1S/C12H12BrN3O2S/c1-2-3-14-12(19)16-15-6-8-4-10-11(5-9(8)13)18-7-17-10/h2,4-6H,1,3,7H2,(H2,14,16,19)/b15-6-. The minimum atomic E-state index is 0.246. The Morgan fingerprint density at radius 1 is 1.47 bits per heavy atom. The molecule has 19 heavy (non-hydrogen) atoms. The van der Waals surface area contributed by atoms with Gasteiger partial charge in [-0.15, -0.1) is 6.58 Å². The van der Waals surface area contributed by atoms with E-state index in [1.54, 1.807) is 12.3 Å².